The summed E-state index contributed by atoms with van der Waals surface area (Å²) in [6.45, 7) is 6.76. The first-order valence-electron chi connectivity index (χ1n) is 7.97. The van der Waals surface area contributed by atoms with E-state index < -0.39 is 7.92 Å². The fraction of sp³-hybridized carbons (Fsp3) is 0.238. The minimum Gasteiger partial charge on any atom is -0.0806 e. The molecule has 0 amide bonds. The van der Waals surface area contributed by atoms with Crippen LogP contribution in [0.1, 0.15) is 30.9 Å². The van der Waals surface area contributed by atoms with Crippen LogP contribution < -0.4 is 10.6 Å². The zero-order valence-electron chi connectivity index (χ0n) is 13.6. The number of hydrogen-bond acceptors (Lipinski definition) is 0. The Hall–Kier alpha value is -1.65. The van der Waals surface area contributed by atoms with Crippen molar-refractivity contribution in [3.8, 4) is 0 Å². The van der Waals surface area contributed by atoms with Crippen molar-refractivity contribution in [1.29, 1.82) is 0 Å². The first-order valence-corrected chi connectivity index (χ1v) is 9.31. The van der Waals surface area contributed by atoms with E-state index in [9.17, 15) is 0 Å². The van der Waals surface area contributed by atoms with Gasteiger partial charge < -0.3 is 0 Å². The molecule has 22 heavy (non-hydrogen) atoms. The maximum atomic E-state index is 2.47. The molecule has 2 aromatic rings. The Balaban J connectivity index is 2.20. The summed E-state index contributed by atoms with van der Waals surface area (Å²) in [5, 5.41) is 4.53. The molecule has 2 aromatic carbocycles. The molecule has 112 valence electrons. The fourth-order valence-corrected chi connectivity index (χ4v) is 5.93. The monoisotopic (exact) mass is 306 g/mol. The van der Waals surface area contributed by atoms with Crippen LogP contribution in [0.15, 0.2) is 71.6 Å². The van der Waals surface area contributed by atoms with Gasteiger partial charge in [-0.3, -0.25) is 0 Å². The highest BCUT2D eigenvalue weighted by Crippen LogP contribution is 2.49. The number of hydrogen-bond donors (Lipinski definition) is 0. The molecular weight excluding hydrogens is 283 g/mol. The van der Waals surface area contributed by atoms with Crippen LogP contribution in [-0.4, -0.2) is 0 Å². The molecule has 3 rings (SSSR count). The molecule has 0 fully saturated rings. The largest absolute Gasteiger partial charge is 0.0806 e. The summed E-state index contributed by atoms with van der Waals surface area (Å²) in [4.78, 5) is 0. The molecule has 0 saturated carbocycles. The van der Waals surface area contributed by atoms with Gasteiger partial charge in [0, 0.05) is 0 Å². The lowest BCUT2D eigenvalue weighted by Crippen LogP contribution is -2.18. The summed E-state index contributed by atoms with van der Waals surface area (Å²) in [7, 11) is -0.457. The standard InChI is InChI=1S/C21H23P/c1-16-10-4-7-13-19(16)22(20-14-8-5-11-17(20)2)21-15-9-6-12-18(21)3/h4-5,7-8,10-15H,6,9H2,1-3H3. The SMILES string of the molecule is CC1=CCCC=C1P(c1ccccc1C)c1ccccc1C. The lowest BCUT2D eigenvalue weighted by atomic mass is 10.1. The third-order valence-electron chi connectivity index (χ3n) is 4.31. The van der Waals surface area contributed by atoms with Gasteiger partial charge in [0.15, 0.2) is 0 Å². The van der Waals surface area contributed by atoms with Crippen molar-refractivity contribution in [2.75, 3.05) is 0 Å². The predicted octanol–water partition coefficient (Wildman–Crippen LogP) is 5.36. The van der Waals surface area contributed by atoms with Gasteiger partial charge in [0.05, 0.1) is 0 Å². The quantitative estimate of drug-likeness (QED) is 0.670. The van der Waals surface area contributed by atoms with E-state index in [1.54, 1.807) is 5.31 Å². The van der Waals surface area contributed by atoms with Crippen LogP contribution in [0.2, 0.25) is 0 Å². The maximum absolute atomic E-state index is 2.47. The van der Waals surface area contributed by atoms with E-state index in [1.165, 1.54) is 40.2 Å². The van der Waals surface area contributed by atoms with Crippen molar-refractivity contribution in [2.45, 2.75) is 33.6 Å². The van der Waals surface area contributed by atoms with Crippen LogP contribution in [0.25, 0.3) is 0 Å². The molecule has 0 unspecified atom stereocenters. The average Bonchev–Trinajstić information content (AvgIpc) is 2.53. The molecule has 0 aliphatic heterocycles. The van der Waals surface area contributed by atoms with Crippen molar-refractivity contribution in [2.24, 2.45) is 0 Å². The van der Waals surface area contributed by atoms with Gasteiger partial charge in [0.2, 0.25) is 0 Å². The van der Waals surface area contributed by atoms with Gasteiger partial charge in [-0.1, -0.05) is 60.7 Å². The van der Waals surface area contributed by atoms with Crippen molar-refractivity contribution < 1.29 is 0 Å². The number of rotatable bonds is 3. The minimum atomic E-state index is -0.457. The second kappa shape index (κ2) is 6.63. The molecule has 0 nitrogen and oxygen atoms in total. The number of aryl methyl sites for hydroxylation is 2. The van der Waals surface area contributed by atoms with Crippen molar-refractivity contribution in [3.05, 3.63) is 82.7 Å². The Morgan fingerprint density at radius 2 is 1.18 bits per heavy atom. The summed E-state index contributed by atoms with van der Waals surface area (Å²) < 4.78 is 0. The third-order valence-corrected chi connectivity index (χ3v) is 7.30. The lowest BCUT2D eigenvalue weighted by molar-refractivity contribution is 1.01. The third kappa shape index (κ3) is 2.94. The van der Waals surface area contributed by atoms with Crippen LogP contribution in [0.3, 0.4) is 0 Å². The molecule has 0 radical (unpaired) electrons. The van der Waals surface area contributed by atoms with Gasteiger partial charge in [-0.05, 0) is 74.2 Å². The van der Waals surface area contributed by atoms with E-state index >= 15 is 0 Å². The van der Waals surface area contributed by atoms with Gasteiger partial charge in [-0.15, -0.1) is 0 Å². The maximum Gasteiger partial charge on any atom is -0.0122 e. The fourth-order valence-electron chi connectivity index (χ4n) is 3.07. The summed E-state index contributed by atoms with van der Waals surface area (Å²) in [6, 6.07) is 17.8. The van der Waals surface area contributed by atoms with Crippen molar-refractivity contribution >= 4 is 18.5 Å². The van der Waals surface area contributed by atoms with E-state index in [2.05, 4.69) is 81.5 Å². The van der Waals surface area contributed by atoms with E-state index in [0.29, 0.717) is 0 Å². The number of benzene rings is 2. The van der Waals surface area contributed by atoms with Crippen LogP contribution in [0, 0.1) is 13.8 Å². The summed E-state index contributed by atoms with van der Waals surface area (Å²) in [5.74, 6) is 0. The average molecular weight is 306 g/mol. The first-order chi connectivity index (χ1) is 10.7. The Bertz CT molecular complexity index is 692. The Labute approximate surface area is 135 Å². The van der Waals surface area contributed by atoms with Crippen LogP contribution in [-0.2, 0) is 0 Å². The van der Waals surface area contributed by atoms with E-state index in [1.807, 2.05) is 0 Å². The van der Waals surface area contributed by atoms with Crippen LogP contribution in [0.5, 0.6) is 0 Å². The second-order valence-corrected chi connectivity index (χ2v) is 8.08. The Kier molecular flexibility index (Phi) is 4.60. The van der Waals surface area contributed by atoms with E-state index in [-0.39, 0.29) is 0 Å². The predicted molar refractivity (Wildman–Crippen MR) is 99.6 cm³/mol. The molecule has 1 aliphatic carbocycles. The Morgan fingerprint density at radius 1 is 0.682 bits per heavy atom. The molecule has 0 saturated heterocycles. The second-order valence-electron chi connectivity index (χ2n) is 5.96. The van der Waals surface area contributed by atoms with Gasteiger partial charge in [0.1, 0.15) is 0 Å². The van der Waals surface area contributed by atoms with Gasteiger partial charge >= 0.3 is 0 Å². The van der Waals surface area contributed by atoms with Gasteiger partial charge in [-0.25, -0.2) is 0 Å². The van der Waals surface area contributed by atoms with E-state index in [0.717, 1.165) is 0 Å². The zero-order valence-corrected chi connectivity index (χ0v) is 14.5. The molecule has 1 aliphatic rings. The molecule has 0 aromatic heterocycles. The smallest absolute Gasteiger partial charge is 0.0122 e. The van der Waals surface area contributed by atoms with Crippen molar-refractivity contribution in [1.82, 2.24) is 0 Å². The highest BCUT2D eigenvalue weighted by atomic mass is 31.1. The van der Waals surface area contributed by atoms with Crippen molar-refractivity contribution in [3.63, 3.8) is 0 Å². The number of allylic oxidation sites excluding steroid dienone is 4. The molecule has 0 heterocycles. The molecule has 1 heteroatoms. The zero-order chi connectivity index (χ0) is 15.5. The van der Waals surface area contributed by atoms with E-state index in [4.69, 9.17) is 0 Å². The highest BCUT2D eigenvalue weighted by molar-refractivity contribution is 7.77. The molecular formula is C21H23P. The van der Waals surface area contributed by atoms with Gasteiger partial charge in [0.25, 0.3) is 0 Å². The van der Waals surface area contributed by atoms with Gasteiger partial charge in [-0.2, -0.15) is 0 Å². The lowest BCUT2D eigenvalue weighted by Gasteiger charge is -2.27. The highest BCUT2D eigenvalue weighted by Gasteiger charge is 2.23. The topological polar surface area (TPSA) is 0 Å². The normalized spacial score (nSPS) is 14.7. The molecule has 0 spiro atoms. The first kappa shape index (κ1) is 15.3. The minimum absolute atomic E-state index is 0.457. The summed E-state index contributed by atoms with van der Waals surface area (Å²) in [5.41, 5.74) is 4.26. The summed E-state index contributed by atoms with van der Waals surface area (Å²) >= 11 is 0. The molecule has 0 N–H and O–H groups in total. The summed E-state index contributed by atoms with van der Waals surface area (Å²) in [6.07, 6.45) is 7.23. The molecule has 0 atom stereocenters. The Morgan fingerprint density at radius 3 is 1.68 bits per heavy atom. The molecule has 0 bridgehead atoms. The van der Waals surface area contributed by atoms with Crippen LogP contribution in [0.4, 0.5) is 0 Å². The van der Waals surface area contributed by atoms with Crippen LogP contribution >= 0.6 is 7.92 Å².